The zero-order valence-corrected chi connectivity index (χ0v) is 18.4. The molecule has 1 aliphatic rings. The van der Waals surface area contributed by atoms with Crippen molar-refractivity contribution < 1.29 is 22.7 Å². The number of hydrogen-bond donors (Lipinski definition) is 2. The van der Waals surface area contributed by atoms with E-state index in [0.717, 1.165) is 43.4 Å². The van der Waals surface area contributed by atoms with Gasteiger partial charge in [-0.1, -0.05) is 6.07 Å². The lowest BCUT2D eigenvalue weighted by Gasteiger charge is -2.29. The van der Waals surface area contributed by atoms with Crippen LogP contribution in [0.4, 0.5) is 24.8 Å². The van der Waals surface area contributed by atoms with Crippen molar-refractivity contribution in [1.29, 1.82) is 0 Å². The van der Waals surface area contributed by atoms with Gasteiger partial charge in [-0.15, -0.1) is 13.2 Å². The van der Waals surface area contributed by atoms with E-state index >= 15 is 0 Å². The fourth-order valence-electron chi connectivity index (χ4n) is 3.75. The SMILES string of the molecule is Cc1nc(NC2CCC(CNC(=O)c3cccc(OC(F)(F)F)c3)CC2)cc(N(C)C)n1. The third-order valence-electron chi connectivity index (χ3n) is 5.36. The number of hydrogen-bond acceptors (Lipinski definition) is 6. The lowest BCUT2D eigenvalue weighted by Crippen LogP contribution is -2.34. The number of benzene rings is 1. The molecule has 0 atom stereocenters. The largest absolute Gasteiger partial charge is 0.573 e. The lowest BCUT2D eigenvalue weighted by atomic mass is 9.86. The molecule has 174 valence electrons. The van der Waals surface area contributed by atoms with Crippen molar-refractivity contribution in [3.63, 3.8) is 0 Å². The molecule has 0 radical (unpaired) electrons. The molecule has 3 rings (SSSR count). The lowest BCUT2D eigenvalue weighted by molar-refractivity contribution is -0.274. The Labute approximate surface area is 185 Å². The number of halogens is 3. The molecule has 32 heavy (non-hydrogen) atoms. The van der Waals surface area contributed by atoms with E-state index in [1.165, 1.54) is 18.2 Å². The predicted octanol–water partition coefficient (Wildman–Crippen LogP) is 4.15. The number of aryl methyl sites for hydroxylation is 1. The van der Waals surface area contributed by atoms with Gasteiger partial charge >= 0.3 is 6.36 Å². The number of rotatable bonds is 7. The summed E-state index contributed by atoms with van der Waals surface area (Å²) in [6, 6.07) is 7.31. The van der Waals surface area contributed by atoms with Crippen LogP contribution in [-0.4, -0.2) is 48.9 Å². The van der Waals surface area contributed by atoms with Gasteiger partial charge in [0, 0.05) is 38.3 Å². The quantitative estimate of drug-likeness (QED) is 0.659. The van der Waals surface area contributed by atoms with Gasteiger partial charge in [0.05, 0.1) is 0 Å². The maximum atomic E-state index is 12.4. The highest BCUT2D eigenvalue weighted by Crippen LogP contribution is 2.27. The van der Waals surface area contributed by atoms with E-state index in [2.05, 4.69) is 25.3 Å². The van der Waals surface area contributed by atoms with Gasteiger partial charge in [0.25, 0.3) is 5.91 Å². The van der Waals surface area contributed by atoms with Gasteiger partial charge < -0.3 is 20.3 Å². The Kier molecular flexibility index (Phi) is 7.42. The van der Waals surface area contributed by atoms with E-state index in [1.54, 1.807) is 0 Å². The minimum Gasteiger partial charge on any atom is -0.406 e. The van der Waals surface area contributed by atoms with Crippen LogP contribution in [0.15, 0.2) is 30.3 Å². The number of amides is 1. The predicted molar refractivity (Wildman–Crippen MR) is 116 cm³/mol. The number of anilines is 2. The first kappa shape index (κ1) is 23.6. The van der Waals surface area contributed by atoms with Crippen molar-refractivity contribution in [2.75, 3.05) is 30.9 Å². The third-order valence-corrected chi connectivity index (χ3v) is 5.36. The summed E-state index contributed by atoms with van der Waals surface area (Å²) in [5.74, 6) is 1.86. The zero-order valence-electron chi connectivity index (χ0n) is 18.4. The molecule has 1 aliphatic carbocycles. The summed E-state index contributed by atoms with van der Waals surface area (Å²) in [5.41, 5.74) is 0.137. The molecule has 1 amide bonds. The number of ether oxygens (including phenoxy) is 1. The maximum Gasteiger partial charge on any atom is 0.573 e. The van der Waals surface area contributed by atoms with Gasteiger partial charge in [0.2, 0.25) is 0 Å². The molecule has 0 unspecified atom stereocenters. The molecule has 10 heteroatoms. The summed E-state index contributed by atoms with van der Waals surface area (Å²) < 4.78 is 41.0. The molecule has 0 saturated heterocycles. The Morgan fingerprint density at radius 2 is 1.88 bits per heavy atom. The third kappa shape index (κ3) is 7.00. The van der Waals surface area contributed by atoms with Gasteiger partial charge in [-0.25, -0.2) is 9.97 Å². The first-order chi connectivity index (χ1) is 15.1. The van der Waals surface area contributed by atoms with Crippen molar-refractivity contribution >= 4 is 17.5 Å². The monoisotopic (exact) mass is 451 g/mol. The number of nitrogens with zero attached hydrogens (tertiary/aromatic N) is 3. The molecule has 1 aromatic carbocycles. The molecule has 1 fully saturated rings. The second-order valence-corrected chi connectivity index (χ2v) is 8.20. The fourth-order valence-corrected chi connectivity index (χ4v) is 3.75. The van der Waals surface area contributed by atoms with E-state index in [9.17, 15) is 18.0 Å². The summed E-state index contributed by atoms with van der Waals surface area (Å²) in [7, 11) is 3.87. The summed E-state index contributed by atoms with van der Waals surface area (Å²) in [6.07, 6.45) is -1.05. The molecule has 1 heterocycles. The van der Waals surface area contributed by atoms with Crippen LogP contribution in [-0.2, 0) is 0 Å². The van der Waals surface area contributed by atoms with Crippen LogP contribution in [0.25, 0.3) is 0 Å². The fraction of sp³-hybridized carbons (Fsp3) is 0.500. The van der Waals surface area contributed by atoms with Crippen molar-refractivity contribution in [2.45, 2.75) is 45.0 Å². The van der Waals surface area contributed by atoms with Crippen LogP contribution in [0.3, 0.4) is 0 Å². The van der Waals surface area contributed by atoms with Gasteiger partial charge in [0.1, 0.15) is 23.2 Å². The summed E-state index contributed by atoms with van der Waals surface area (Å²) in [4.78, 5) is 23.1. The average Bonchev–Trinajstić information content (AvgIpc) is 2.71. The number of alkyl halides is 3. The van der Waals surface area contributed by atoms with Crippen LogP contribution < -0.4 is 20.3 Å². The van der Waals surface area contributed by atoms with Gasteiger partial charge in [-0.05, 0) is 56.7 Å². The molecule has 2 N–H and O–H groups in total. The minimum atomic E-state index is -4.79. The maximum absolute atomic E-state index is 12.4. The second-order valence-electron chi connectivity index (χ2n) is 8.20. The molecule has 0 bridgehead atoms. The number of carbonyl (C=O) groups excluding carboxylic acids is 1. The number of aromatic nitrogens is 2. The van der Waals surface area contributed by atoms with E-state index in [1.807, 2.05) is 32.0 Å². The zero-order chi connectivity index (χ0) is 23.3. The highest BCUT2D eigenvalue weighted by atomic mass is 19.4. The molecular formula is C22H28F3N5O2. The van der Waals surface area contributed by atoms with Crippen LogP contribution in [0, 0.1) is 12.8 Å². The highest BCUT2D eigenvalue weighted by Gasteiger charge is 2.31. The topological polar surface area (TPSA) is 79.4 Å². The van der Waals surface area contributed by atoms with Crippen LogP contribution in [0.5, 0.6) is 5.75 Å². The van der Waals surface area contributed by atoms with E-state index in [4.69, 9.17) is 0 Å². The Balaban J connectivity index is 1.46. The van der Waals surface area contributed by atoms with Crippen LogP contribution in [0.1, 0.15) is 41.9 Å². The van der Waals surface area contributed by atoms with Gasteiger partial charge in [0.15, 0.2) is 0 Å². The normalized spacial score (nSPS) is 18.7. The molecular weight excluding hydrogens is 423 g/mol. The van der Waals surface area contributed by atoms with Crippen molar-refractivity contribution in [3.8, 4) is 5.75 Å². The van der Waals surface area contributed by atoms with Gasteiger partial charge in [-0.3, -0.25) is 4.79 Å². The van der Waals surface area contributed by atoms with Crippen LogP contribution in [0.2, 0.25) is 0 Å². The Morgan fingerprint density at radius 1 is 1.16 bits per heavy atom. The average molecular weight is 451 g/mol. The minimum absolute atomic E-state index is 0.137. The Morgan fingerprint density at radius 3 is 2.53 bits per heavy atom. The highest BCUT2D eigenvalue weighted by molar-refractivity contribution is 5.94. The first-order valence-corrected chi connectivity index (χ1v) is 10.5. The second kappa shape index (κ2) is 10.1. The molecule has 1 saturated carbocycles. The summed E-state index contributed by atoms with van der Waals surface area (Å²) >= 11 is 0. The molecule has 7 nitrogen and oxygen atoms in total. The van der Waals surface area contributed by atoms with E-state index < -0.39 is 18.0 Å². The van der Waals surface area contributed by atoms with Crippen molar-refractivity contribution in [2.24, 2.45) is 5.92 Å². The van der Waals surface area contributed by atoms with Crippen molar-refractivity contribution in [1.82, 2.24) is 15.3 Å². The van der Waals surface area contributed by atoms with Gasteiger partial charge in [-0.2, -0.15) is 0 Å². The number of carbonyl (C=O) groups is 1. The molecule has 0 spiro atoms. The summed E-state index contributed by atoms with van der Waals surface area (Å²) in [5, 5.41) is 6.31. The smallest absolute Gasteiger partial charge is 0.406 e. The van der Waals surface area contributed by atoms with Crippen LogP contribution >= 0.6 is 0 Å². The Hall–Kier alpha value is -3.04. The van der Waals surface area contributed by atoms with E-state index in [-0.39, 0.29) is 5.56 Å². The van der Waals surface area contributed by atoms with E-state index in [0.29, 0.717) is 24.3 Å². The first-order valence-electron chi connectivity index (χ1n) is 10.5. The number of nitrogens with one attached hydrogen (secondary N) is 2. The Bertz CT molecular complexity index is 928. The molecule has 1 aromatic heterocycles. The molecule has 0 aliphatic heterocycles. The van der Waals surface area contributed by atoms with Crippen molar-refractivity contribution in [3.05, 3.63) is 41.7 Å². The molecule has 2 aromatic rings. The summed E-state index contributed by atoms with van der Waals surface area (Å²) in [6.45, 7) is 2.34. The standard InChI is InChI=1S/C22H28F3N5O2/c1-14-27-19(12-20(28-14)30(2)3)29-17-9-7-15(8-10-17)13-26-21(31)16-5-4-6-18(11-16)32-22(23,24)25/h4-6,11-12,15,17H,7-10,13H2,1-3H3,(H,26,31)(H,27,28,29).